The van der Waals surface area contributed by atoms with Crippen LogP contribution in [0, 0.1) is 0 Å². The Morgan fingerprint density at radius 2 is 0.697 bits per heavy atom. The average molecular weight is 841 g/mol. The topological polar surface area (TPSA) is 8.17 Å². The van der Waals surface area contributed by atoms with Crippen LogP contribution in [-0.2, 0) is 0 Å². The summed E-state index contributed by atoms with van der Waals surface area (Å²) in [5.41, 5.74) is 18.7. The summed E-state index contributed by atoms with van der Waals surface area (Å²) >= 11 is 0. The third-order valence-electron chi connectivity index (χ3n) is 13.0. The first-order chi connectivity index (χ1) is 32.7. The van der Waals surface area contributed by atoms with Gasteiger partial charge >= 0.3 is 0 Å². The molecule has 0 saturated heterocycles. The smallest absolute Gasteiger partial charge is 0.0547 e. The number of aromatic nitrogens is 1. The van der Waals surface area contributed by atoms with E-state index in [2.05, 4.69) is 276 Å². The normalized spacial score (nSPS) is 11.3. The zero-order chi connectivity index (χ0) is 43.8. The molecule has 1 heterocycles. The molecule has 66 heavy (non-hydrogen) atoms. The van der Waals surface area contributed by atoms with Crippen molar-refractivity contribution in [3.8, 4) is 61.3 Å². The van der Waals surface area contributed by atoms with Crippen LogP contribution in [0.15, 0.2) is 267 Å². The number of hydrogen-bond acceptors (Lipinski definition) is 1. The molecule has 0 bridgehead atoms. The molecule has 12 aromatic rings. The monoisotopic (exact) mass is 840 g/mol. The van der Waals surface area contributed by atoms with E-state index in [9.17, 15) is 0 Å². The highest BCUT2D eigenvalue weighted by Gasteiger charge is 2.19. The van der Waals surface area contributed by atoms with E-state index < -0.39 is 0 Å². The van der Waals surface area contributed by atoms with Gasteiger partial charge in [-0.3, -0.25) is 0 Å². The lowest BCUT2D eigenvalue weighted by Crippen LogP contribution is -2.09. The van der Waals surface area contributed by atoms with Gasteiger partial charge in [0.2, 0.25) is 0 Å². The van der Waals surface area contributed by atoms with E-state index in [0.29, 0.717) is 0 Å². The predicted octanol–water partition coefficient (Wildman–Crippen LogP) is 17.7. The molecule has 2 nitrogen and oxygen atoms in total. The van der Waals surface area contributed by atoms with Gasteiger partial charge in [-0.15, -0.1) is 0 Å². The minimum Gasteiger partial charge on any atom is -0.311 e. The maximum absolute atomic E-state index is 2.40. The van der Waals surface area contributed by atoms with Gasteiger partial charge in [0.25, 0.3) is 0 Å². The lowest BCUT2D eigenvalue weighted by molar-refractivity contribution is 1.18. The fourth-order valence-corrected chi connectivity index (χ4v) is 9.72. The van der Waals surface area contributed by atoms with Crippen LogP contribution in [0.2, 0.25) is 0 Å². The number of benzene rings is 11. The average Bonchev–Trinajstić information content (AvgIpc) is 3.74. The zero-order valence-corrected chi connectivity index (χ0v) is 36.3. The van der Waals surface area contributed by atoms with Gasteiger partial charge in [-0.25, -0.2) is 0 Å². The van der Waals surface area contributed by atoms with Gasteiger partial charge in [-0.1, -0.05) is 182 Å². The molecule has 2 heteroatoms. The molecule has 310 valence electrons. The molecule has 1 aromatic heterocycles. The molecule has 0 aliphatic carbocycles. The zero-order valence-electron chi connectivity index (χ0n) is 36.3. The summed E-state index contributed by atoms with van der Waals surface area (Å²) < 4.78 is 2.40. The molecule has 0 atom stereocenters. The van der Waals surface area contributed by atoms with Crippen LogP contribution in [0.3, 0.4) is 0 Å². The molecule has 0 spiro atoms. The van der Waals surface area contributed by atoms with E-state index in [1.165, 1.54) is 77.1 Å². The number of para-hydroxylation sites is 2. The lowest BCUT2D eigenvalue weighted by Gasteiger charge is -2.26. The Bertz CT molecular complexity index is 3560. The summed E-state index contributed by atoms with van der Waals surface area (Å²) in [6, 6.07) is 96.9. The Balaban J connectivity index is 0.996. The van der Waals surface area contributed by atoms with Crippen LogP contribution in [0.4, 0.5) is 17.1 Å². The number of hydrogen-bond donors (Lipinski definition) is 0. The van der Waals surface area contributed by atoms with Gasteiger partial charge in [0.15, 0.2) is 0 Å². The van der Waals surface area contributed by atoms with Gasteiger partial charge < -0.3 is 9.47 Å². The van der Waals surface area contributed by atoms with Crippen molar-refractivity contribution in [1.29, 1.82) is 0 Å². The third-order valence-corrected chi connectivity index (χ3v) is 13.0. The van der Waals surface area contributed by atoms with E-state index in [1.54, 1.807) is 0 Å². The predicted molar refractivity (Wildman–Crippen MR) is 280 cm³/mol. The molecule has 12 rings (SSSR count). The molecule has 0 radical (unpaired) electrons. The van der Waals surface area contributed by atoms with E-state index in [0.717, 1.165) is 33.9 Å². The van der Waals surface area contributed by atoms with Gasteiger partial charge in [0.05, 0.1) is 11.0 Å². The fraction of sp³-hybridized carbons (Fsp3) is 0. The molecular formula is C64H44N2. The minimum atomic E-state index is 1.09. The number of nitrogens with zero attached hydrogens (tertiary/aromatic N) is 2. The van der Waals surface area contributed by atoms with Gasteiger partial charge in [0, 0.05) is 33.5 Å². The van der Waals surface area contributed by atoms with Crippen LogP contribution in [-0.4, -0.2) is 4.57 Å². The van der Waals surface area contributed by atoms with E-state index in [1.807, 2.05) is 0 Å². The highest BCUT2D eigenvalue weighted by Crippen LogP contribution is 2.43. The molecule has 0 aliphatic rings. The molecule has 0 aliphatic heterocycles. The Hall–Kier alpha value is -8.72. The molecular weight excluding hydrogens is 797 g/mol. The van der Waals surface area contributed by atoms with Crippen molar-refractivity contribution in [3.63, 3.8) is 0 Å². The van der Waals surface area contributed by atoms with Crippen molar-refractivity contribution >= 4 is 49.6 Å². The quantitative estimate of drug-likeness (QED) is 0.141. The lowest BCUT2D eigenvalue weighted by atomic mass is 9.91. The number of fused-ring (bicyclic) bond motifs is 4. The molecule has 0 N–H and O–H groups in total. The SMILES string of the molecule is c1ccc(-c2ccc(N(c3ccc(-c4ccccc4)cc3)c3ccc(-c4cc(-c5ccc6ccccc6c5)cc(-c5cccc6c5c5ccccc5n6-c5ccccc5)c4)cc3)cc2)cc1. The Morgan fingerprint density at radius 3 is 1.30 bits per heavy atom. The first-order valence-electron chi connectivity index (χ1n) is 22.7. The number of rotatable bonds is 9. The largest absolute Gasteiger partial charge is 0.311 e. The van der Waals surface area contributed by atoms with Gasteiger partial charge in [-0.2, -0.15) is 0 Å². The summed E-state index contributed by atoms with van der Waals surface area (Å²) in [6.45, 7) is 0. The van der Waals surface area contributed by atoms with Crippen molar-refractivity contribution in [1.82, 2.24) is 4.57 Å². The van der Waals surface area contributed by atoms with Crippen LogP contribution >= 0.6 is 0 Å². The second-order valence-corrected chi connectivity index (χ2v) is 17.0. The van der Waals surface area contributed by atoms with Crippen LogP contribution in [0.1, 0.15) is 0 Å². The van der Waals surface area contributed by atoms with Gasteiger partial charge in [0.1, 0.15) is 0 Å². The van der Waals surface area contributed by atoms with E-state index in [-0.39, 0.29) is 0 Å². The van der Waals surface area contributed by atoms with Crippen molar-refractivity contribution in [2.75, 3.05) is 4.90 Å². The Kier molecular flexibility index (Phi) is 9.89. The van der Waals surface area contributed by atoms with E-state index in [4.69, 9.17) is 0 Å². The highest BCUT2D eigenvalue weighted by molar-refractivity contribution is 6.16. The summed E-state index contributed by atoms with van der Waals surface area (Å²) in [6.07, 6.45) is 0. The fourth-order valence-electron chi connectivity index (χ4n) is 9.72. The second-order valence-electron chi connectivity index (χ2n) is 17.0. The standard InChI is InChI=1S/C64H44N2/c1-4-15-45(16-5-1)48-29-35-57(36-30-48)65(58-37-31-49(32-38-58)46-17-6-2-7-18-46)59-39-33-50(34-40-59)53-42-54(52-28-27-47-19-10-11-20-51(47)41-52)44-55(43-53)60-24-14-26-63-64(60)61-23-12-13-25-62(61)66(63)56-21-8-3-9-22-56/h1-44H. The van der Waals surface area contributed by atoms with Crippen LogP contribution < -0.4 is 4.90 Å². The first kappa shape index (κ1) is 38.9. The molecule has 0 unspecified atom stereocenters. The summed E-state index contributed by atoms with van der Waals surface area (Å²) in [5, 5.41) is 4.96. The summed E-state index contributed by atoms with van der Waals surface area (Å²) in [4.78, 5) is 2.35. The first-order valence-corrected chi connectivity index (χ1v) is 22.7. The number of anilines is 3. The Morgan fingerprint density at radius 1 is 0.258 bits per heavy atom. The molecule has 0 saturated carbocycles. The van der Waals surface area contributed by atoms with Crippen LogP contribution in [0.25, 0.3) is 93.9 Å². The minimum absolute atomic E-state index is 1.09. The summed E-state index contributed by atoms with van der Waals surface area (Å²) in [5.74, 6) is 0. The maximum atomic E-state index is 2.40. The van der Waals surface area contributed by atoms with Crippen molar-refractivity contribution in [2.45, 2.75) is 0 Å². The third kappa shape index (κ3) is 7.21. The second kappa shape index (κ2) is 16.8. The van der Waals surface area contributed by atoms with Crippen LogP contribution in [0.5, 0.6) is 0 Å². The molecule has 0 amide bonds. The van der Waals surface area contributed by atoms with Crippen molar-refractivity contribution in [3.05, 3.63) is 267 Å². The molecule has 11 aromatic carbocycles. The summed E-state index contributed by atoms with van der Waals surface area (Å²) in [7, 11) is 0. The van der Waals surface area contributed by atoms with E-state index >= 15 is 0 Å². The highest BCUT2D eigenvalue weighted by atomic mass is 15.1. The maximum Gasteiger partial charge on any atom is 0.0547 e. The Labute approximate surface area is 385 Å². The van der Waals surface area contributed by atoms with Crippen molar-refractivity contribution in [2.24, 2.45) is 0 Å². The van der Waals surface area contributed by atoms with Crippen molar-refractivity contribution < 1.29 is 0 Å². The van der Waals surface area contributed by atoms with Gasteiger partial charge in [-0.05, 0) is 151 Å². The molecule has 0 fully saturated rings.